The molecule has 0 bridgehead atoms. The summed E-state index contributed by atoms with van der Waals surface area (Å²) in [5.41, 5.74) is 11.1. The lowest BCUT2D eigenvalue weighted by Crippen LogP contribution is -2.41. The van der Waals surface area contributed by atoms with Crippen molar-refractivity contribution in [3.8, 4) is 0 Å². The minimum absolute atomic E-state index is 0.0120. The van der Waals surface area contributed by atoms with Gasteiger partial charge in [0.05, 0.1) is 6.04 Å². The van der Waals surface area contributed by atoms with Gasteiger partial charge in [-0.1, -0.05) is 0 Å². The van der Waals surface area contributed by atoms with Crippen LogP contribution in [0.3, 0.4) is 0 Å². The molecule has 4 heteroatoms. The highest BCUT2D eigenvalue weighted by atomic mass is 16.2. The molecule has 1 amide bonds. The Morgan fingerprint density at radius 1 is 1.73 bits per heavy atom. The number of nitrogens with zero attached hydrogens (tertiary/aromatic N) is 1. The molecular weight excluding hydrogens is 142 g/mol. The zero-order valence-corrected chi connectivity index (χ0v) is 6.79. The third-order valence-corrected chi connectivity index (χ3v) is 1.93. The molecule has 1 rings (SSSR count). The van der Waals surface area contributed by atoms with Gasteiger partial charge in [0.25, 0.3) is 0 Å². The smallest absolute Gasteiger partial charge is 0.239 e. The largest absolute Gasteiger partial charge is 0.340 e. The van der Waals surface area contributed by atoms with Gasteiger partial charge in [-0.15, -0.1) is 0 Å². The molecule has 0 spiro atoms. The number of rotatable bonds is 1. The number of likely N-dealkylation sites (tertiary alicyclic amines) is 1. The van der Waals surface area contributed by atoms with Crippen molar-refractivity contribution >= 4 is 5.91 Å². The van der Waals surface area contributed by atoms with Crippen LogP contribution in [0.2, 0.25) is 0 Å². The van der Waals surface area contributed by atoms with Crippen molar-refractivity contribution < 1.29 is 4.79 Å². The van der Waals surface area contributed by atoms with Crippen LogP contribution in [0.4, 0.5) is 0 Å². The molecule has 0 aliphatic carbocycles. The Balaban J connectivity index is 2.43. The van der Waals surface area contributed by atoms with Crippen LogP contribution in [0, 0.1) is 0 Å². The van der Waals surface area contributed by atoms with E-state index in [4.69, 9.17) is 11.5 Å². The first kappa shape index (κ1) is 8.49. The average Bonchev–Trinajstić information content (AvgIpc) is 2.34. The van der Waals surface area contributed by atoms with Crippen LogP contribution in [0.5, 0.6) is 0 Å². The molecule has 0 saturated carbocycles. The molecule has 1 saturated heterocycles. The molecule has 1 aliphatic rings. The van der Waals surface area contributed by atoms with Gasteiger partial charge in [0.15, 0.2) is 0 Å². The topological polar surface area (TPSA) is 72.4 Å². The lowest BCUT2D eigenvalue weighted by molar-refractivity contribution is -0.131. The fourth-order valence-corrected chi connectivity index (χ4v) is 1.28. The van der Waals surface area contributed by atoms with Crippen molar-refractivity contribution in [3.63, 3.8) is 0 Å². The van der Waals surface area contributed by atoms with Crippen LogP contribution in [-0.2, 0) is 4.79 Å². The second-order valence-corrected chi connectivity index (χ2v) is 3.12. The van der Waals surface area contributed by atoms with Crippen molar-refractivity contribution in [2.45, 2.75) is 25.4 Å². The van der Waals surface area contributed by atoms with Crippen LogP contribution in [-0.4, -0.2) is 36.0 Å². The van der Waals surface area contributed by atoms with Crippen molar-refractivity contribution in [1.82, 2.24) is 4.90 Å². The summed E-state index contributed by atoms with van der Waals surface area (Å²) in [6.07, 6.45) is 0.901. The van der Waals surface area contributed by atoms with E-state index in [1.807, 2.05) is 0 Å². The standard InChI is InChI=1S/C7H15N3O/c1-5(8)7(11)10-3-2-6(9)4-10/h5-6H,2-4,8-9H2,1H3/t5-,6?/m0/s1. The Bertz CT molecular complexity index is 158. The van der Waals surface area contributed by atoms with Gasteiger partial charge in [-0.3, -0.25) is 4.79 Å². The molecule has 0 aromatic rings. The first-order chi connectivity index (χ1) is 5.11. The molecule has 11 heavy (non-hydrogen) atoms. The summed E-state index contributed by atoms with van der Waals surface area (Å²) in [6, 6.07) is -0.238. The Morgan fingerprint density at radius 2 is 2.36 bits per heavy atom. The Morgan fingerprint density at radius 3 is 2.73 bits per heavy atom. The van der Waals surface area contributed by atoms with E-state index in [-0.39, 0.29) is 18.0 Å². The van der Waals surface area contributed by atoms with Crippen molar-refractivity contribution in [2.24, 2.45) is 11.5 Å². The number of carbonyl (C=O) groups is 1. The SMILES string of the molecule is C[C@H](N)C(=O)N1CCC(N)C1. The predicted octanol–water partition coefficient (Wildman–Crippen LogP) is -1.11. The highest BCUT2D eigenvalue weighted by Gasteiger charge is 2.24. The van der Waals surface area contributed by atoms with E-state index in [0.717, 1.165) is 13.0 Å². The number of carbonyl (C=O) groups excluding carboxylic acids is 1. The molecule has 1 fully saturated rings. The molecule has 0 radical (unpaired) electrons. The summed E-state index contributed by atoms with van der Waals surface area (Å²) in [6.45, 7) is 3.13. The van der Waals surface area contributed by atoms with Gasteiger partial charge in [0.2, 0.25) is 5.91 Å². The van der Waals surface area contributed by atoms with Gasteiger partial charge in [-0.2, -0.15) is 0 Å². The fourth-order valence-electron chi connectivity index (χ4n) is 1.28. The molecule has 1 aliphatic heterocycles. The van der Waals surface area contributed by atoms with E-state index in [2.05, 4.69) is 0 Å². The first-order valence-corrected chi connectivity index (χ1v) is 3.91. The number of hydrogen-bond acceptors (Lipinski definition) is 3. The van der Waals surface area contributed by atoms with E-state index in [1.54, 1.807) is 11.8 Å². The van der Waals surface area contributed by atoms with Crippen LogP contribution >= 0.6 is 0 Å². The molecule has 64 valence electrons. The summed E-state index contributed by atoms with van der Waals surface area (Å²) in [5, 5.41) is 0. The van der Waals surface area contributed by atoms with Crippen molar-refractivity contribution in [3.05, 3.63) is 0 Å². The molecule has 4 N–H and O–H groups in total. The lowest BCUT2D eigenvalue weighted by Gasteiger charge is -2.17. The summed E-state index contributed by atoms with van der Waals surface area (Å²) in [4.78, 5) is 13.0. The summed E-state index contributed by atoms with van der Waals surface area (Å²) in [7, 11) is 0. The van der Waals surface area contributed by atoms with Gasteiger partial charge in [-0.05, 0) is 13.3 Å². The molecule has 0 aromatic carbocycles. The maximum Gasteiger partial charge on any atom is 0.239 e. The van der Waals surface area contributed by atoms with Gasteiger partial charge in [-0.25, -0.2) is 0 Å². The van der Waals surface area contributed by atoms with E-state index >= 15 is 0 Å². The first-order valence-electron chi connectivity index (χ1n) is 3.91. The molecule has 1 unspecified atom stereocenters. The summed E-state index contributed by atoms with van der Waals surface area (Å²) in [5.74, 6) is 0.0120. The summed E-state index contributed by atoms with van der Waals surface area (Å²) < 4.78 is 0. The molecule has 4 nitrogen and oxygen atoms in total. The van der Waals surface area contributed by atoms with Crippen LogP contribution in [0.25, 0.3) is 0 Å². The monoisotopic (exact) mass is 157 g/mol. The second-order valence-electron chi connectivity index (χ2n) is 3.12. The van der Waals surface area contributed by atoms with Gasteiger partial charge >= 0.3 is 0 Å². The Hall–Kier alpha value is -0.610. The minimum atomic E-state index is -0.389. The van der Waals surface area contributed by atoms with Gasteiger partial charge in [0, 0.05) is 19.1 Å². The van der Waals surface area contributed by atoms with E-state index < -0.39 is 0 Å². The third kappa shape index (κ3) is 1.91. The maximum absolute atomic E-state index is 11.2. The Kier molecular flexibility index (Phi) is 2.46. The van der Waals surface area contributed by atoms with E-state index in [0.29, 0.717) is 6.54 Å². The maximum atomic E-state index is 11.2. The quantitative estimate of drug-likeness (QED) is 0.507. The normalized spacial score (nSPS) is 27.2. The van der Waals surface area contributed by atoms with Crippen LogP contribution in [0.1, 0.15) is 13.3 Å². The average molecular weight is 157 g/mol. The number of nitrogens with two attached hydrogens (primary N) is 2. The van der Waals surface area contributed by atoms with E-state index in [1.165, 1.54) is 0 Å². The Labute approximate surface area is 66.5 Å². The number of amides is 1. The number of hydrogen-bond donors (Lipinski definition) is 2. The van der Waals surface area contributed by atoms with Gasteiger partial charge in [0.1, 0.15) is 0 Å². The van der Waals surface area contributed by atoms with Gasteiger partial charge < -0.3 is 16.4 Å². The zero-order chi connectivity index (χ0) is 8.43. The highest BCUT2D eigenvalue weighted by molar-refractivity contribution is 5.81. The molecule has 1 heterocycles. The minimum Gasteiger partial charge on any atom is -0.340 e. The van der Waals surface area contributed by atoms with Crippen molar-refractivity contribution in [2.75, 3.05) is 13.1 Å². The highest BCUT2D eigenvalue weighted by Crippen LogP contribution is 2.07. The van der Waals surface area contributed by atoms with E-state index in [9.17, 15) is 4.79 Å². The molecular formula is C7H15N3O. The van der Waals surface area contributed by atoms with Crippen LogP contribution in [0.15, 0.2) is 0 Å². The zero-order valence-electron chi connectivity index (χ0n) is 6.79. The molecule has 0 aromatic heterocycles. The lowest BCUT2D eigenvalue weighted by atomic mass is 10.3. The van der Waals surface area contributed by atoms with Crippen LogP contribution < -0.4 is 11.5 Å². The third-order valence-electron chi connectivity index (χ3n) is 1.93. The summed E-state index contributed by atoms with van der Waals surface area (Å²) >= 11 is 0. The predicted molar refractivity (Wildman–Crippen MR) is 42.8 cm³/mol. The molecule has 2 atom stereocenters. The fraction of sp³-hybridized carbons (Fsp3) is 0.857. The second kappa shape index (κ2) is 3.19. The van der Waals surface area contributed by atoms with Crippen molar-refractivity contribution in [1.29, 1.82) is 0 Å².